The first kappa shape index (κ1) is 23.0. The minimum absolute atomic E-state index is 0.175. The van der Waals surface area contributed by atoms with Crippen molar-refractivity contribution in [2.75, 3.05) is 24.2 Å². The minimum Gasteiger partial charge on any atom is -0.324 e. The van der Waals surface area contributed by atoms with Crippen molar-refractivity contribution in [2.45, 2.75) is 36.1 Å². The fraction of sp³-hybridized carbons (Fsp3) is 0.304. The lowest BCUT2D eigenvalue weighted by Crippen LogP contribution is -2.35. The monoisotopic (exact) mass is 489 g/mol. The van der Waals surface area contributed by atoms with Gasteiger partial charge in [0.1, 0.15) is 0 Å². The molecule has 0 aliphatic carbocycles. The third-order valence-corrected chi connectivity index (χ3v) is 8.55. The van der Waals surface area contributed by atoms with Gasteiger partial charge in [-0.05, 0) is 61.7 Å². The van der Waals surface area contributed by atoms with E-state index in [1.807, 2.05) is 19.1 Å². The number of pyridine rings is 1. The second kappa shape index (κ2) is 9.79. The number of sulfonamides is 1. The topological polar surface area (TPSA) is 79.4 Å². The Morgan fingerprint density at radius 2 is 1.88 bits per heavy atom. The van der Waals surface area contributed by atoms with Crippen molar-refractivity contribution in [1.29, 1.82) is 0 Å². The SMILES string of the molecule is Cc1cc(SCC(=O)Nc2ccccc2Cl)nc2ccc(S(=O)(=O)N3CCCCC3)cc12. The molecule has 2 heterocycles. The van der Waals surface area contributed by atoms with Crippen LogP contribution in [0.2, 0.25) is 5.02 Å². The van der Waals surface area contributed by atoms with Crippen molar-refractivity contribution < 1.29 is 13.2 Å². The lowest BCUT2D eigenvalue weighted by atomic mass is 10.1. The summed E-state index contributed by atoms with van der Waals surface area (Å²) in [4.78, 5) is 17.2. The van der Waals surface area contributed by atoms with Gasteiger partial charge >= 0.3 is 0 Å². The van der Waals surface area contributed by atoms with Gasteiger partial charge in [0.25, 0.3) is 0 Å². The maximum Gasteiger partial charge on any atom is 0.243 e. The highest BCUT2D eigenvalue weighted by Crippen LogP contribution is 2.28. The highest BCUT2D eigenvalue weighted by atomic mass is 35.5. The molecule has 9 heteroatoms. The van der Waals surface area contributed by atoms with Gasteiger partial charge in [-0.25, -0.2) is 13.4 Å². The molecule has 0 bridgehead atoms. The van der Waals surface area contributed by atoms with E-state index < -0.39 is 10.0 Å². The van der Waals surface area contributed by atoms with E-state index in [2.05, 4.69) is 10.3 Å². The third-order valence-electron chi connectivity index (χ3n) is 5.42. The molecular weight excluding hydrogens is 466 g/mol. The number of aryl methyl sites for hydroxylation is 1. The summed E-state index contributed by atoms with van der Waals surface area (Å²) >= 11 is 7.41. The molecule has 0 atom stereocenters. The van der Waals surface area contributed by atoms with Crippen LogP contribution in [0.1, 0.15) is 24.8 Å². The van der Waals surface area contributed by atoms with Gasteiger partial charge in [-0.1, -0.05) is 41.9 Å². The van der Waals surface area contributed by atoms with E-state index in [-0.39, 0.29) is 11.7 Å². The molecule has 32 heavy (non-hydrogen) atoms. The van der Waals surface area contributed by atoms with E-state index in [0.717, 1.165) is 30.2 Å². The van der Waals surface area contributed by atoms with Crippen LogP contribution in [0.15, 0.2) is 58.5 Å². The minimum atomic E-state index is -3.50. The number of thioether (sulfide) groups is 1. The summed E-state index contributed by atoms with van der Waals surface area (Å²) < 4.78 is 27.6. The maximum absolute atomic E-state index is 13.0. The summed E-state index contributed by atoms with van der Waals surface area (Å²) in [5.74, 6) is 0.00976. The zero-order valence-corrected chi connectivity index (χ0v) is 20.1. The van der Waals surface area contributed by atoms with Crippen molar-refractivity contribution in [2.24, 2.45) is 0 Å². The van der Waals surface area contributed by atoms with Gasteiger partial charge in [-0.3, -0.25) is 4.79 Å². The molecule has 0 spiro atoms. The largest absolute Gasteiger partial charge is 0.324 e. The molecule has 6 nitrogen and oxygen atoms in total. The molecule has 1 aliphatic rings. The fourth-order valence-corrected chi connectivity index (χ4v) is 6.22. The molecule has 1 aliphatic heterocycles. The number of hydrogen-bond donors (Lipinski definition) is 1. The zero-order valence-electron chi connectivity index (χ0n) is 17.7. The molecule has 1 saturated heterocycles. The molecule has 0 radical (unpaired) electrons. The van der Waals surface area contributed by atoms with Crippen molar-refractivity contribution in [3.63, 3.8) is 0 Å². The number of anilines is 1. The van der Waals surface area contributed by atoms with E-state index in [1.165, 1.54) is 11.8 Å². The first-order valence-electron chi connectivity index (χ1n) is 10.4. The molecule has 1 fully saturated rings. The number of benzene rings is 2. The van der Waals surface area contributed by atoms with Crippen LogP contribution in [0, 0.1) is 6.92 Å². The second-order valence-electron chi connectivity index (χ2n) is 7.74. The fourth-order valence-electron chi connectivity index (χ4n) is 3.72. The molecule has 168 valence electrons. The first-order chi connectivity index (χ1) is 15.3. The van der Waals surface area contributed by atoms with Gasteiger partial charge in [0.15, 0.2) is 0 Å². The lowest BCUT2D eigenvalue weighted by molar-refractivity contribution is -0.113. The Labute approximate surface area is 197 Å². The van der Waals surface area contributed by atoms with Crippen molar-refractivity contribution in [1.82, 2.24) is 9.29 Å². The molecule has 4 rings (SSSR count). The van der Waals surface area contributed by atoms with Gasteiger partial charge in [0.05, 0.1) is 31.9 Å². The summed E-state index contributed by atoms with van der Waals surface area (Å²) in [6, 6.07) is 14.0. The number of nitrogens with one attached hydrogen (secondary N) is 1. The normalized spacial score (nSPS) is 15.1. The highest BCUT2D eigenvalue weighted by Gasteiger charge is 2.26. The maximum atomic E-state index is 13.0. The van der Waals surface area contributed by atoms with E-state index in [1.54, 1.807) is 40.7 Å². The van der Waals surface area contributed by atoms with Crippen LogP contribution >= 0.6 is 23.4 Å². The smallest absolute Gasteiger partial charge is 0.243 e. The number of hydrogen-bond acceptors (Lipinski definition) is 5. The summed E-state index contributed by atoms with van der Waals surface area (Å²) in [5, 5.41) is 4.79. The number of fused-ring (bicyclic) bond motifs is 1. The Morgan fingerprint density at radius 3 is 2.62 bits per heavy atom. The van der Waals surface area contributed by atoms with Gasteiger partial charge in [-0.2, -0.15) is 4.31 Å². The van der Waals surface area contributed by atoms with Crippen LogP contribution in [-0.2, 0) is 14.8 Å². The Hall–Kier alpha value is -2.13. The van der Waals surface area contributed by atoms with Crippen LogP contribution < -0.4 is 5.32 Å². The Kier molecular flexibility index (Phi) is 7.05. The number of carbonyl (C=O) groups is 1. The molecule has 0 saturated carbocycles. The average Bonchev–Trinajstić information content (AvgIpc) is 2.79. The van der Waals surface area contributed by atoms with E-state index in [9.17, 15) is 13.2 Å². The standard InChI is InChI=1S/C23H24ClN3O3S2/c1-16-13-23(31-15-22(28)25-21-8-4-3-7-19(21)24)26-20-10-9-17(14-18(16)20)32(29,30)27-11-5-2-6-12-27/h3-4,7-10,13-14H,2,5-6,11-12,15H2,1H3,(H,25,28). The second-order valence-corrected chi connectivity index (χ2v) is 11.1. The quantitative estimate of drug-likeness (QED) is 0.487. The number of carbonyl (C=O) groups excluding carboxylic acids is 1. The summed E-state index contributed by atoms with van der Waals surface area (Å²) in [7, 11) is -3.50. The van der Waals surface area contributed by atoms with Crippen molar-refractivity contribution in [3.8, 4) is 0 Å². The van der Waals surface area contributed by atoms with Gasteiger partial charge < -0.3 is 5.32 Å². The number of amides is 1. The number of piperidine rings is 1. The molecular formula is C23H24ClN3O3S2. The average molecular weight is 490 g/mol. The van der Waals surface area contributed by atoms with Crippen molar-refractivity contribution in [3.05, 3.63) is 59.1 Å². The number of para-hydroxylation sites is 1. The number of aromatic nitrogens is 1. The molecule has 3 aromatic rings. The highest BCUT2D eigenvalue weighted by molar-refractivity contribution is 7.99. The van der Waals surface area contributed by atoms with Crippen LogP contribution in [0.3, 0.4) is 0 Å². The summed E-state index contributed by atoms with van der Waals surface area (Å²) in [6.45, 7) is 3.07. The van der Waals surface area contributed by atoms with Crippen LogP contribution in [0.4, 0.5) is 5.69 Å². The van der Waals surface area contributed by atoms with Gasteiger partial charge in [-0.15, -0.1) is 0 Å². The van der Waals surface area contributed by atoms with Gasteiger partial charge in [0.2, 0.25) is 15.9 Å². The molecule has 1 amide bonds. The first-order valence-corrected chi connectivity index (χ1v) is 13.2. The van der Waals surface area contributed by atoms with Gasteiger partial charge in [0, 0.05) is 18.5 Å². The number of nitrogens with zero attached hydrogens (tertiary/aromatic N) is 2. The Balaban J connectivity index is 1.50. The van der Waals surface area contributed by atoms with E-state index in [0.29, 0.717) is 39.2 Å². The van der Waals surface area contributed by atoms with Crippen LogP contribution in [0.5, 0.6) is 0 Å². The van der Waals surface area contributed by atoms with Crippen LogP contribution in [-0.4, -0.2) is 42.5 Å². The predicted molar refractivity (Wildman–Crippen MR) is 130 cm³/mol. The third kappa shape index (κ3) is 5.09. The molecule has 1 N–H and O–H groups in total. The lowest BCUT2D eigenvalue weighted by Gasteiger charge is -2.26. The molecule has 2 aromatic carbocycles. The van der Waals surface area contributed by atoms with E-state index >= 15 is 0 Å². The van der Waals surface area contributed by atoms with Crippen LogP contribution in [0.25, 0.3) is 10.9 Å². The Morgan fingerprint density at radius 1 is 1.12 bits per heavy atom. The summed E-state index contributed by atoms with van der Waals surface area (Å²) in [6.07, 6.45) is 2.87. The molecule has 0 unspecified atom stereocenters. The Bertz CT molecular complexity index is 1260. The number of rotatable bonds is 6. The van der Waals surface area contributed by atoms with Crippen molar-refractivity contribution >= 4 is 55.9 Å². The zero-order chi connectivity index (χ0) is 22.7. The molecule has 1 aromatic heterocycles. The number of halogens is 1. The van der Waals surface area contributed by atoms with E-state index in [4.69, 9.17) is 11.6 Å². The summed E-state index contributed by atoms with van der Waals surface area (Å²) in [5.41, 5.74) is 2.20. The predicted octanol–water partition coefficient (Wildman–Crippen LogP) is 5.10.